The first-order valence-corrected chi connectivity index (χ1v) is 13.6. The minimum atomic E-state index is 0.0686. The van der Waals surface area contributed by atoms with Gasteiger partial charge in [0, 0.05) is 41.5 Å². The van der Waals surface area contributed by atoms with Gasteiger partial charge in [0.1, 0.15) is 17.5 Å². The summed E-state index contributed by atoms with van der Waals surface area (Å²) in [5, 5.41) is 12.8. The molecule has 1 fully saturated rings. The second kappa shape index (κ2) is 9.81. The van der Waals surface area contributed by atoms with Crippen molar-refractivity contribution in [2.24, 2.45) is 5.41 Å². The SMILES string of the molecule is CC1(C)CNCC[C@H]1Nc1nc(-c2ccnc(Nc3ccc4ccccc4n3)c2)nc2cncc(C3=CC=C3)c12. The average molecular weight is 527 g/mol. The normalized spacial score (nSPS) is 17.9. The summed E-state index contributed by atoms with van der Waals surface area (Å²) < 4.78 is 0. The molecule has 198 valence electrons. The molecule has 0 unspecified atom stereocenters. The van der Waals surface area contributed by atoms with Gasteiger partial charge < -0.3 is 16.0 Å². The zero-order valence-corrected chi connectivity index (χ0v) is 22.5. The summed E-state index contributed by atoms with van der Waals surface area (Å²) in [7, 11) is 0. The number of nitrogens with zero attached hydrogens (tertiary/aromatic N) is 5. The highest BCUT2D eigenvalue weighted by Crippen LogP contribution is 2.36. The van der Waals surface area contributed by atoms with E-state index in [1.807, 2.05) is 54.9 Å². The van der Waals surface area contributed by atoms with Crippen molar-refractivity contribution in [2.45, 2.75) is 26.3 Å². The Bertz CT molecular complexity index is 1810. The molecule has 0 amide bonds. The Kier molecular flexibility index (Phi) is 5.97. The van der Waals surface area contributed by atoms with Crippen LogP contribution in [0.25, 0.3) is 38.8 Å². The van der Waals surface area contributed by atoms with Gasteiger partial charge in [0.2, 0.25) is 0 Å². The molecule has 2 aliphatic rings. The van der Waals surface area contributed by atoms with Gasteiger partial charge in [-0.2, -0.15) is 0 Å². The van der Waals surface area contributed by atoms with E-state index in [1.54, 1.807) is 6.20 Å². The summed E-state index contributed by atoms with van der Waals surface area (Å²) in [6, 6.07) is 16.2. The van der Waals surface area contributed by atoms with Crippen molar-refractivity contribution in [2.75, 3.05) is 23.7 Å². The molecule has 5 heterocycles. The lowest BCUT2D eigenvalue weighted by Gasteiger charge is -2.40. The number of rotatable bonds is 6. The molecular weight excluding hydrogens is 496 g/mol. The molecule has 8 nitrogen and oxygen atoms in total. The molecule has 1 saturated heterocycles. The third-order valence-electron chi connectivity index (χ3n) is 7.79. The number of nitrogens with one attached hydrogen (secondary N) is 3. The summed E-state index contributed by atoms with van der Waals surface area (Å²) in [6.45, 7) is 6.51. The van der Waals surface area contributed by atoms with Gasteiger partial charge in [-0.15, -0.1) is 0 Å². The fourth-order valence-electron chi connectivity index (χ4n) is 5.42. The Morgan fingerprint density at radius 1 is 0.950 bits per heavy atom. The summed E-state index contributed by atoms with van der Waals surface area (Å²) in [4.78, 5) is 23.9. The van der Waals surface area contributed by atoms with Gasteiger partial charge in [-0.05, 0) is 54.3 Å². The monoisotopic (exact) mass is 526 g/mol. The number of anilines is 3. The van der Waals surface area contributed by atoms with Crippen molar-refractivity contribution in [1.82, 2.24) is 30.2 Å². The molecule has 7 rings (SSSR count). The third-order valence-corrected chi connectivity index (χ3v) is 7.79. The minimum absolute atomic E-state index is 0.0686. The van der Waals surface area contributed by atoms with Crippen LogP contribution in [0.1, 0.15) is 25.8 Å². The largest absolute Gasteiger partial charge is 0.366 e. The Morgan fingerprint density at radius 2 is 1.85 bits per heavy atom. The van der Waals surface area contributed by atoms with Crippen LogP contribution in [-0.4, -0.2) is 44.1 Å². The zero-order chi connectivity index (χ0) is 27.1. The predicted molar refractivity (Wildman–Crippen MR) is 161 cm³/mol. The fraction of sp³-hybridized carbons (Fsp3) is 0.219. The second-order valence-corrected chi connectivity index (χ2v) is 11.1. The van der Waals surface area contributed by atoms with E-state index in [0.717, 1.165) is 69.7 Å². The number of piperidine rings is 1. The topological polar surface area (TPSA) is 101 Å². The van der Waals surface area contributed by atoms with Crippen LogP contribution in [0, 0.1) is 5.41 Å². The Hall–Kier alpha value is -4.69. The lowest BCUT2D eigenvalue weighted by Crippen LogP contribution is -2.49. The van der Waals surface area contributed by atoms with Gasteiger partial charge in [-0.3, -0.25) is 4.98 Å². The lowest BCUT2D eigenvalue weighted by molar-refractivity contribution is 0.236. The second-order valence-electron chi connectivity index (χ2n) is 11.1. The first-order chi connectivity index (χ1) is 19.5. The maximum absolute atomic E-state index is 5.13. The number of fused-ring (bicyclic) bond motifs is 2. The Labute approximate surface area is 232 Å². The fourth-order valence-corrected chi connectivity index (χ4v) is 5.42. The summed E-state index contributed by atoms with van der Waals surface area (Å²) >= 11 is 0. The highest BCUT2D eigenvalue weighted by molar-refractivity contribution is 6.02. The highest BCUT2D eigenvalue weighted by Gasteiger charge is 2.33. The number of benzene rings is 1. The van der Waals surface area contributed by atoms with Gasteiger partial charge >= 0.3 is 0 Å². The van der Waals surface area contributed by atoms with Crippen molar-refractivity contribution in [3.63, 3.8) is 0 Å². The molecule has 8 heteroatoms. The molecule has 3 N–H and O–H groups in total. The molecule has 0 radical (unpaired) electrons. The number of hydrogen-bond donors (Lipinski definition) is 3. The van der Waals surface area contributed by atoms with Crippen LogP contribution in [0.15, 0.2) is 85.3 Å². The number of allylic oxidation sites excluding steroid dienone is 4. The van der Waals surface area contributed by atoms with E-state index in [-0.39, 0.29) is 11.5 Å². The molecule has 1 atom stereocenters. The van der Waals surface area contributed by atoms with E-state index in [1.165, 1.54) is 0 Å². The van der Waals surface area contributed by atoms with Gasteiger partial charge in [0.25, 0.3) is 0 Å². The molecule has 0 saturated carbocycles. The average Bonchev–Trinajstić information content (AvgIpc) is 2.93. The first-order valence-electron chi connectivity index (χ1n) is 13.6. The smallest absolute Gasteiger partial charge is 0.162 e. The third kappa shape index (κ3) is 4.56. The van der Waals surface area contributed by atoms with Crippen molar-refractivity contribution in [3.8, 4) is 11.4 Å². The van der Waals surface area contributed by atoms with Gasteiger partial charge in [0.15, 0.2) is 5.82 Å². The minimum Gasteiger partial charge on any atom is -0.366 e. The molecule has 1 aliphatic heterocycles. The quantitative estimate of drug-likeness (QED) is 0.243. The Morgan fingerprint density at radius 3 is 2.70 bits per heavy atom. The molecule has 4 aromatic heterocycles. The van der Waals surface area contributed by atoms with E-state index in [2.05, 4.69) is 64.1 Å². The van der Waals surface area contributed by atoms with E-state index < -0.39 is 0 Å². The molecule has 0 bridgehead atoms. The highest BCUT2D eigenvalue weighted by atomic mass is 15.1. The maximum atomic E-state index is 5.13. The van der Waals surface area contributed by atoms with Gasteiger partial charge in [-0.1, -0.05) is 50.3 Å². The van der Waals surface area contributed by atoms with Crippen LogP contribution >= 0.6 is 0 Å². The van der Waals surface area contributed by atoms with Crippen molar-refractivity contribution >= 4 is 44.8 Å². The van der Waals surface area contributed by atoms with Crippen molar-refractivity contribution in [3.05, 3.63) is 90.9 Å². The number of hydrogen-bond acceptors (Lipinski definition) is 8. The van der Waals surface area contributed by atoms with Crippen molar-refractivity contribution in [1.29, 1.82) is 0 Å². The van der Waals surface area contributed by atoms with Crippen LogP contribution in [0.4, 0.5) is 17.5 Å². The Balaban J connectivity index is 1.29. The van der Waals surface area contributed by atoms with Gasteiger partial charge in [-0.25, -0.2) is 19.9 Å². The van der Waals surface area contributed by atoms with E-state index >= 15 is 0 Å². The molecular formula is C32H30N8. The van der Waals surface area contributed by atoms with E-state index in [4.69, 9.17) is 15.0 Å². The van der Waals surface area contributed by atoms with E-state index in [9.17, 15) is 0 Å². The lowest BCUT2D eigenvalue weighted by atomic mass is 9.80. The molecule has 40 heavy (non-hydrogen) atoms. The van der Waals surface area contributed by atoms with E-state index in [0.29, 0.717) is 11.6 Å². The molecule has 1 aliphatic carbocycles. The standard InChI is InChI=1S/C32H30N8/c1-32(2)19-33-14-13-26(32)38-31-29-23(20-7-5-8-20)17-34-18-25(29)37-30(40-31)22-12-15-35-28(16-22)39-27-11-10-21-6-3-4-9-24(21)36-27/h3-12,15-18,26,33H,13-14,19H2,1-2H3,(H,35,36,39)(H,37,38,40)/t26-/m1/s1. The molecule has 5 aromatic rings. The van der Waals surface area contributed by atoms with Gasteiger partial charge in [0.05, 0.1) is 22.6 Å². The van der Waals surface area contributed by atoms with Crippen LogP contribution in [0.2, 0.25) is 0 Å². The summed E-state index contributed by atoms with van der Waals surface area (Å²) in [5.74, 6) is 2.86. The number of para-hydroxylation sites is 1. The predicted octanol–water partition coefficient (Wildman–Crippen LogP) is 6.13. The number of aromatic nitrogens is 5. The molecule has 0 spiro atoms. The summed E-state index contributed by atoms with van der Waals surface area (Å²) in [5.41, 5.74) is 4.85. The van der Waals surface area contributed by atoms with Crippen LogP contribution in [0.3, 0.4) is 0 Å². The van der Waals surface area contributed by atoms with Crippen LogP contribution in [0.5, 0.6) is 0 Å². The molecule has 1 aromatic carbocycles. The first kappa shape index (κ1) is 24.4. The van der Waals surface area contributed by atoms with Crippen molar-refractivity contribution < 1.29 is 0 Å². The maximum Gasteiger partial charge on any atom is 0.162 e. The number of pyridine rings is 3. The van der Waals surface area contributed by atoms with Crippen LogP contribution in [-0.2, 0) is 0 Å². The summed E-state index contributed by atoms with van der Waals surface area (Å²) in [6.07, 6.45) is 12.8. The zero-order valence-electron chi connectivity index (χ0n) is 22.5. The van der Waals surface area contributed by atoms with Crippen LogP contribution < -0.4 is 16.0 Å².